The Bertz CT molecular complexity index is 243. The number of likely N-dealkylation sites (tertiary alicyclic amines) is 1. The van der Waals surface area contributed by atoms with Gasteiger partial charge in [0.25, 0.3) is 0 Å². The van der Waals surface area contributed by atoms with Gasteiger partial charge in [0, 0.05) is 18.1 Å². The van der Waals surface area contributed by atoms with Crippen LogP contribution in [0.1, 0.15) is 40.0 Å². The molecule has 1 amide bonds. The minimum absolute atomic E-state index is 0.148. The Morgan fingerprint density at radius 1 is 1.35 bits per heavy atom. The van der Waals surface area contributed by atoms with Crippen LogP contribution in [0.25, 0.3) is 0 Å². The molecule has 0 spiro atoms. The molecule has 2 N–H and O–H groups in total. The van der Waals surface area contributed by atoms with Crippen molar-refractivity contribution in [1.82, 2.24) is 15.5 Å². The summed E-state index contributed by atoms with van der Waals surface area (Å²) in [5.41, 5.74) is 0. The third kappa shape index (κ3) is 4.64. The molecule has 4 heteroatoms. The molecule has 1 heterocycles. The maximum Gasteiger partial charge on any atom is 0.234 e. The van der Waals surface area contributed by atoms with Gasteiger partial charge in [-0.25, -0.2) is 0 Å². The molecule has 0 aromatic rings. The SMILES string of the molecule is CNC(C)C1CCCCN1CC(=O)NC(C)C. The quantitative estimate of drug-likeness (QED) is 0.754. The molecule has 1 fully saturated rings. The molecule has 0 saturated carbocycles. The van der Waals surface area contributed by atoms with E-state index in [-0.39, 0.29) is 11.9 Å². The van der Waals surface area contributed by atoms with Crippen molar-refractivity contribution < 1.29 is 4.79 Å². The summed E-state index contributed by atoms with van der Waals surface area (Å²) in [6.45, 7) is 7.78. The zero-order chi connectivity index (χ0) is 12.8. The van der Waals surface area contributed by atoms with Gasteiger partial charge in [-0.1, -0.05) is 6.42 Å². The van der Waals surface area contributed by atoms with E-state index in [9.17, 15) is 4.79 Å². The third-order valence-corrected chi connectivity index (χ3v) is 3.49. The summed E-state index contributed by atoms with van der Waals surface area (Å²) in [6.07, 6.45) is 3.68. The van der Waals surface area contributed by atoms with Crippen LogP contribution >= 0.6 is 0 Å². The van der Waals surface area contributed by atoms with Crippen molar-refractivity contribution in [1.29, 1.82) is 0 Å². The van der Waals surface area contributed by atoms with Crippen molar-refractivity contribution in [3.05, 3.63) is 0 Å². The first-order valence-corrected chi connectivity index (χ1v) is 6.75. The van der Waals surface area contributed by atoms with Crippen LogP contribution in [0.2, 0.25) is 0 Å². The number of nitrogens with one attached hydrogen (secondary N) is 2. The van der Waals surface area contributed by atoms with E-state index in [2.05, 4.69) is 22.5 Å². The average molecular weight is 241 g/mol. The molecule has 1 saturated heterocycles. The molecule has 1 aliphatic rings. The summed E-state index contributed by atoms with van der Waals surface area (Å²) < 4.78 is 0. The number of nitrogens with zero attached hydrogens (tertiary/aromatic N) is 1. The van der Waals surface area contributed by atoms with Gasteiger partial charge in [0.05, 0.1) is 6.54 Å². The van der Waals surface area contributed by atoms with Gasteiger partial charge in [0.15, 0.2) is 0 Å². The van der Waals surface area contributed by atoms with Crippen molar-refractivity contribution in [3.63, 3.8) is 0 Å². The van der Waals surface area contributed by atoms with E-state index in [1.165, 1.54) is 19.3 Å². The summed E-state index contributed by atoms with van der Waals surface area (Å²) in [4.78, 5) is 14.1. The molecule has 1 rings (SSSR count). The smallest absolute Gasteiger partial charge is 0.234 e. The van der Waals surface area contributed by atoms with Crippen LogP contribution in [0.15, 0.2) is 0 Å². The lowest BCUT2D eigenvalue weighted by Crippen LogP contribution is -2.53. The number of rotatable bonds is 5. The Balaban J connectivity index is 2.50. The minimum atomic E-state index is 0.148. The Hall–Kier alpha value is -0.610. The maximum absolute atomic E-state index is 11.8. The lowest BCUT2D eigenvalue weighted by molar-refractivity contribution is -0.123. The molecule has 0 bridgehead atoms. The summed E-state index contributed by atoms with van der Waals surface area (Å²) in [5, 5.41) is 6.27. The molecule has 1 aliphatic heterocycles. The van der Waals surface area contributed by atoms with Gasteiger partial charge >= 0.3 is 0 Å². The number of piperidine rings is 1. The molecule has 2 unspecified atom stereocenters. The summed E-state index contributed by atoms with van der Waals surface area (Å²) in [5.74, 6) is 0.148. The largest absolute Gasteiger partial charge is 0.353 e. The van der Waals surface area contributed by atoms with Crippen LogP contribution in [0.3, 0.4) is 0 Å². The molecule has 0 aromatic heterocycles. The van der Waals surface area contributed by atoms with Crippen LogP contribution < -0.4 is 10.6 Å². The van der Waals surface area contributed by atoms with E-state index in [1.54, 1.807) is 0 Å². The zero-order valence-electron chi connectivity index (χ0n) is 11.6. The fourth-order valence-electron chi connectivity index (χ4n) is 2.52. The van der Waals surface area contributed by atoms with Crippen molar-refractivity contribution in [2.24, 2.45) is 0 Å². The number of amides is 1. The highest BCUT2D eigenvalue weighted by Crippen LogP contribution is 2.19. The molecule has 0 aliphatic carbocycles. The van der Waals surface area contributed by atoms with Crippen LogP contribution in [0.5, 0.6) is 0 Å². The van der Waals surface area contributed by atoms with E-state index in [0.29, 0.717) is 18.6 Å². The molecular weight excluding hydrogens is 214 g/mol. The van der Waals surface area contributed by atoms with E-state index >= 15 is 0 Å². The fraction of sp³-hybridized carbons (Fsp3) is 0.923. The summed E-state index contributed by atoms with van der Waals surface area (Å²) in [7, 11) is 1.99. The van der Waals surface area contributed by atoms with Crippen LogP contribution in [0, 0.1) is 0 Å². The normalized spacial score (nSPS) is 23.7. The summed E-state index contributed by atoms with van der Waals surface area (Å²) in [6, 6.07) is 1.17. The first-order chi connectivity index (χ1) is 8.04. The van der Waals surface area contributed by atoms with Gasteiger partial charge in [0.2, 0.25) is 5.91 Å². The number of carbonyl (C=O) groups is 1. The molecule has 2 atom stereocenters. The van der Waals surface area contributed by atoms with E-state index in [0.717, 1.165) is 6.54 Å². The standard InChI is InChI=1S/C13H27N3O/c1-10(2)15-13(17)9-16-8-6-5-7-12(16)11(3)14-4/h10-12,14H,5-9H2,1-4H3,(H,15,17). The maximum atomic E-state index is 11.8. The van der Waals surface area contributed by atoms with Gasteiger partial charge in [-0.15, -0.1) is 0 Å². The van der Waals surface area contributed by atoms with Gasteiger partial charge < -0.3 is 10.6 Å². The Kier molecular flexibility index (Phi) is 5.92. The third-order valence-electron chi connectivity index (χ3n) is 3.49. The van der Waals surface area contributed by atoms with Gasteiger partial charge in [0.1, 0.15) is 0 Å². The molecule has 0 aromatic carbocycles. The second-order valence-corrected chi connectivity index (χ2v) is 5.33. The van der Waals surface area contributed by atoms with Gasteiger partial charge in [-0.3, -0.25) is 9.69 Å². The highest BCUT2D eigenvalue weighted by atomic mass is 16.2. The topological polar surface area (TPSA) is 44.4 Å². The lowest BCUT2D eigenvalue weighted by Gasteiger charge is -2.38. The second-order valence-electron chi connectivity index (χ2n) is 5.33. The fourth-order valence-corrected chi connectivity index (χ4v) is 2.52. The number of hydrogen-bond donors (Lipinski definition) is 2. The molecule has 0 radical (unpaired) electrons. The Morgan fingerprint density at radius 3 is 2.65 bits per heavy atom. The number of carbonyl (C=O) groups excluding carboxylic acids is 1. The van der Waals surface area contributed by atoms with Crippen LogP contribution in [-0.4, -0.2) is 49.1 Å². The first-order valence-electron chi connectivity index (χ1n) is 6.75. The number of hydrogen-bond acceptors (Lipinski definition) is 3. The van der Waals surface area contributed by atoms with Crippen LogP contribution in [0.4, 0.5) is 0 Å². The first kappa shape index (κ1) is 14.5. The molecule has 4 nitrogen and oxygen atoms in total. The van der Waals surface area contributed by atoms with E-state index in [4.69, 9.17) is 0 Å². The van der Waals surface area contributed by atoms with Crippen molar-refractivity contribution in [2.75, 3.05) is 20.1 Å². The lowest BCUT2D eigenvalue weighted by atomic mass is 9.96. The van der Waals surface area contributed by atoms with Crippen LogP contribution in [-0.2, 0) is 4.79 Å². The van der Waals surface area contributed by atoms with Crippen molar-refractivity contribution >= 4 is 5.91 Å². The van der Waals surface area contributed by atoms with Gasteiger partial charge in [-0.2, -0.15) is 0 Å². The predicted molar refractivity (Wildman–Crippen MR) is 71.0 cm³/mol. The molecular formula is C13H27N3O. The second kappa shape index (κ2) is 6.97. The zero-order valence-corrected chi connectivity index (χ0v) is 11.6. The van der Waals surface area contributed by atoms with E-state index in [1.807, 2.05) is 20.9 Å². The summed E-state index contributed by atoms with van der Waals surface area (Å²) >= 11 is 0. The Labute approximate surface area is 105 Å². The van der Waals surface area contributed by atoms with Crippen molar-refractivity contribution in [2.45, 2.75) is 58.2 Å². The minimum Gasteiger partial charge on any atom is -0.353 e. The average Bonchev–Trinajstić information content (AvgIpc) is 2.27. The number of likely N-dealkylation sites (N-methyl/N-ethyl adjacent to an activating group) is 1. The molecule has 100 valence electrons. The van der Waals surface area contributed by atoms with Crippen molar-refractivity contribution in [3.8, 4) is 0 Å². The highest BCUT2D eigenvalue weighted by Gasteiger charge is 2.27. The predicted octanol–water partition coefficient (Wildman–Crippen LogP) is 0.973. The van der Waals surface area contributed by atoms with Gasteiger partial charge in [-0.05, 0) is 47.2 Å². The monoisotopic (exact) mass is 241 g/mol. The highest BCUT2D eigenvalue weighted by molar-refractivity contribution is 5.78. The van der Waals surface area contributed by atoms with E-state index < -0.39 is 0 Å². The Morgan fingerprint density at radius 2 is 2.06 bits per heavy atom. The molecule has 17 heavy (non-hydrogen) atoms.